The molecule has 2 aliphatic rings. The highest BCUT2D eigenvalue weighted by molar-refractivity contribution is 6.53. The summed E-state index contributed by atoms with van der Waals surface area (Å²) < 4.78 is 0. The van der Waals surface area contributed by atoms with E-state index in [1.807, 2.05) is 4.90 Å². The number of halogens is 3. The van der Waals surface area contributed by atoms with E-state index in [1.54, 1.807) is 24.3 Å². The Morgan fingerprint density at radius 3 is 2.00 bits per heavy atom. The molecule has 2 heterocycles. The van der Waals surface area contributed by atoms with Gasteiger partial charge in [-0.1, -0.05) is 47.6 Å². The number of nitrogens with one attached hydrogen (secondary N) is 1. The van der Waals surface area contributed by atoms with E-state index < -0.39 is 11.8 Å². The summed E-state index contributed by atoms with van der Waals surface area (Å²) in [6.07, 6.45) is 4.33. The van der Waals surface area contributed by atoms with Crippen LogP contribution in [0, 0.1) is 0 Å². The molecule has 0 bridgehead atoms. The minimum Gasteiger partial charge on any atom is -0.350 e. The monoisotopic (exact) mass is 491 g/mol. The van der Waals surface area contributed by atoms with Gasteiger partial charge >= 0.3 is 0 Å². The lowest BCUT2D eigenvalue weighted by molar-refractivity contribution is -0.120. The minimum atomic E-state index is -0.675. The Labute approximate surface area is 200 Å². The van der Waals surface area contributed by atoms with Crippen molar-refractivity contribution in [1.82, 2.24) is 4.90 Å². The van der Waals surface area contributed by atoms with Gasteiger partial charge in [0.15, 0.2) is 0 Å². The molecule has 0 spiro atoms. The number of rotatable bonds is 4. The van der Waals surface area contributed by atoms with Crippen molar-refractivity contribution in [3.8, 4) is 0 Å². The molecule has 2 aromatic carbocycles. The van der Waals surface area contributed by atoms with Crippen LogP contribution in [0.4, 0.5) is 11.4 Å². The van der Waals surface area contributed by atoms with Gasteiger partial charge in [0.2, 0.25) is 0 Å². The molecule has 32 heavy (non-hydrogen) atoms. The lowest BCUT2D eigenvalue weighted by Crippen LogP contribution is -2.32. The molecule has 0 unspecified atom stereocenters. The summed E-state index contributed by atoms with van der Waals surface area (Å²) in [6, 6.07) is 11.2. The largest absolute Gasteiger partial charge is 0.350 e. The van der Waals surface area contributed by atoms with Crippen LogP contribution in [-0.2, 0) is 9.59 Å². The van der Waals surface area contributed by atoms with Crippen LogP contribution >= 0.6 is 34.8 Å². The zero-order chi connectivity index (χ0) is 22.8. The number of nitrogens with zero attached hydrogens (tertiary/aromatic N) is 2. The predicted molar refractivity (Wildman–Crippen MR) is 126 cm³/mol. The van der Waals surface area contributed by atoms with Gasteiger partial charge < -0.3 is 10.2 Å². The van der Waals surface area contributed by atoms with E-state index in [1.165, 1.54) is 18.2 Å². The highest BCUT2D eigenvalue weighted by atomic mass is 35.5. The van der Waals surface area contributed by atoms with Crippen LogP contribution in [0.5, 0.6) is 0 Å². The highest BCUT2D eigenvalue weighted by Crippen LogP contribution is 2.33. The highest BCUT2D eigenvalue weighted by Gasteiger charge is 2.39. The fraction of sp³-hybridized carbons (Fsp3) is 0.261. The molecule has 4 rings (SSSR count). The summed E-state index contributed by atoms with van der Waals surface area (Å²) in [5, 5.41) is 3.23. The van der Waals surface area contributed by atoms with Crippen molar-refractivity contribution in [1.29, 1.82) is 0 Å². The summed E-state index contributed by atoms with van der Waals surface area (Å²) in [5.74, 6) is -1.31. The molecule has 3 amide bonds. The van der Waals surface area contributed by atoms with Crippen molar-refractivity contribution in [2.45, 2.75) is 25.7 Å². The first-order valence-electron chi connectivity index (χ1n) is 10.3. The van der Waals surface area contributed by atoms with Crippen LogP contribution in [0.15, 0.2) is 53.2 Å². The molecule has 1 fully saturated rings. The van der Waals surface area contributed by atoms with Crippen molar-refractivity contribution in [3.05, 3.63) is 68.8 Å². The van der Waals surface area contributed by atoms with Crippen molar-refractivity contribution >= 4 is 63.9 Å². The van der Waals surface area contributed by atoms with E-state index >= 15 is 0 Å². The Morgan fingerprint density at radius 2 is 1.41 bits per heavy atom. The predicted octanol–water partition coefficient (Wildman–Crippen LogP) is 5.45. The Bertz CT molecular complexity index is 1090. The van der Waals surface area contributed by atoms with Gasteiger partial charge in [0.1, 0.15) is 10.7 Å². The molecule has 0 aliphatic carbocycles. The number of carbonyl (C=O) groups excluding carboxylic acids is 3. The average Bonchev–Trinajstić information content (AvgIpc) is 2.96. The quantitative estimate of drug-likeness (QED) is 0.577. The lowest BCUT2D eigenvalue weighted by Gasteiger charge is -2.20. The number of amides is 3. The molecule has 0 atom stereocenters. The second-order valence-corrected chi connectivity index (χ2v) is 8.92. The molecule has 1 N–H and O–H groups in total. The molecule has 2 aromatic rings. The first kappa shape index (κ1) is 22.6. The maximum Gasteiger partial charge on any atom is 0.283 e. The van der Waals surface area contributed by atoms with E-state index in [2.05, 4.69) is 5.32 Å². The lowest BCUT2D eigenvalue weighted by atomic mass is 10.1. The molecule has 166 valence electrons. The molecule has 0 radical (unpaired) electrons. The fourth-order valence-corrected chi connectivity index (χ4v) is 4.54. The number of anilines is 2. The number of benzene rings is 2. The van der Waals surface area contributed by atoms with E-state index in [9.17, 15) is 14.4 Å². The van der Waals surface area contributed by atoms with Gasteiger partial charge in [0.25, 0.3) is 17.7 Å². The summed E-state index contributed by atoms with van der Waals surface area (Å²) in [5.41, 5.74) is 1.27. The zero-order valence-corrected chi connectivity index (χ0v) is 19.3. The Kier molecular flexibility index (Phi) is 6.74. The van der Waals surface area contributed by atoms with Crippen LogP contribution in [0.1, 0.15) is 36.0 Å². The smallest absolute Gasteiger partial charge is 0.283 e. The third-order valence-electron chi connectivity index (χ3n) is 5.43. The average molecular weight is 493 g/mol. The third-order valence-corrected chi connectivity index (χ3v) is 6.21. The second-order valence-electron chi connectivity index (χ2n) is 7.67. The van der Waals surface area contributed by atoms with Crippen LogP contribution in [-0.4, -0.2) is 35.7 Å². The standard InChI is InChI=1S/C23H20Cl3N3O3/c24-15-11-16(25)13-18(12-15)29-22(31)19(26)20(23(29)32)27-17-7-5-14(6-8-17)21(30)28-9-3-1-2-4-10-28/h5-8,11-13,27H,1-4,9-10H2. The summed E-state index contributed by atoms with van der Waals surface area (Å²) >= 11 is 18.2. The molecule has 9 heteroatoms. The van der Waals surface area contributed by atoms with Crippen molar-refractivity contribution in [2.24, 2.45) is 0 Å². The number of imide groups is 1. The third kappa shape index (κ3) is 4.63. The maximum absolute atomic E-state index is 12.9. The van der Waals surface area contributed by atoms with Gasteiger partial charge in [-0.05, 0) is 55.3 Å². The van der Waals surface area contributed by atoms with E-state index in [0.717, 1.165) is 43.7 Å². The molecular formula is C23H20Cl3N3O3. The van der Waals surface area contributed by atoms with Gasteiger partial charge in [-0.25, -0.2) is 4.90 Å². The van der Waals surface area contributed by atoms with Crippen LogP contribution in [0.2, 0.25) is 10.0 Å². The minimum absolute atomic E-state index is 0.00757. The molecule has 6 nitrogen and oxygen atoms in total. The Balaban J connectivity index is 1.50. The molecule has 0 saturated carbocycles. The maximum atomic E-state index is 12.9. The second kappa shape index (κ2) is 9.53. The molecule has 2 aliphatic heterocycles. The molecular weight excluding hydrogens is 473 g/mol. The first-order chi connectivity index (χ1) is 15.3. The Morgan fingerprint density at radius 1 is 0.812 bits per heavy atom. The number of hydrogen-bond donors (Lipinski definition) is 1. The summed E-state index contributed by atoms with van der Waals surface area (Å²) in [7, 11) is 0. The molecule has 1 saturated heterocycles. The zero-order valence-electron chi connectivity index (χ0n) is 17.0. The fourth-order valence-electron chi connectivity index (χ4n) is 3.81. The van der Waals surface area contributed by atoms with E-state index in [0.29, 0.717) is 11.3 Å². The van der Waals surface area contributed by atoms with Gasteiger partial charge in [-0.3, -0.25) is 14.4 Å². The van der Waals surface area contributed by atoms with E-state index in [4.69, 9.17) is 34.8 Å². The number of likely N-dealkylation sites (tertiary alicyclic amines) is 1. The summed E-state index contributed by atoms with van der Waals surface area (Å²) in [4.78, 5) is 41.1. The van der Waals surface area contributed by atoms with Gasteiger partial charge in [0, 0.05) is 34.4 Å². The normalized spacial score (nSPS) is 17.1. The SMILES string of the molecule is O=C(c1ccc(NC2=C(Cl)C(=O)N(c3cc(Cl)cc(Cl)c3)C2=O)cc1)N1CCCCCC1. The Hall–Kier alpha value is -2.54. The topological polar surface area (TPSA) is 69.7 Å². The van der Waals surface area contributed by atoms with Crippen molar-refractivity contribution < 1.29 is 14.4 Å². The van der Waals surface area contributed by atoms with Crippen LogP contribution in [0.25, 0.3) is 0 Å². The number of carbonyl (C=O) groups is 3. The first-order valence-corrected chi connectivity index (χ1v) is 11.4. The van der Waals surface area contributed by atoms with Crippen LogP contribution in [0.3, 0.4) is 0 Å². The van der Waals surface area contributed by atoms with Gasteiger partial charge in [-0.15, -0.1) is 0 Å². The van der Waals surface area contributed by atoms with Gasteiger partial charge in [0.05, 0.1) is 5.69 Å². The van der Waals surface area contributed by atoms with Crippen molar-refractivity contribution in [2.75, 3.05) is 23.3 Å². The number of hydrogen-bond acceptors (Lipinski definition) is 4. The van der Waals surface area contributed by atoms with Crippen LogP contribution < -0.4 is 10.2 Å². The van der Waals surface area contributed by atoms with E-state index in [-0.39, 0.29) is 32.4 Å². The summed E-state index contributed by atoms with van der Waals surface area (Å²) in [6.45, 7) is 1.53. The van der Waals surface area contributed by atoms with Crippen molar-refractivity contribution in [3.63, 3.8) is 0 Å². The molecule has 0 aromatic heterocycles. The van der Waals surface area contributed by atoms with Gasteiger partial charge in [-0.2, -0.15) is 0 Å².